The number of likely N-dealkylation sites (tertiary alicyclic amines) is 1. The molecule has 2 aliphatic rings. The first kappa shape index (κ1) is 19.5. The molecule has 2 heterocycles. The third-order valence-electron chi connectivity index (χ3n) is 5.25. The van der Waals surface area contributed by atoms with Gasteiger partial charge in [-0.05, 0) is 45.6 Å². The van der Waals surface area contributed by atoms with Gasteiger partial charge in [-0.15, -0.1) is 24.0 Å². The Morgan fingerprint density at radius 1 is 1.25 bits per heavy atom. The van der Waals surface area contributed by atoms with E-state index in [1.807, 2.05) is 18.8 Å². The zero-order valence-electron chi connectivity index (χ0n) is 15.3. The van der Waals surface area contributed by atoms with Crippen molar-refractivity contribution in [3.05, 3.63) is 17.0 Å². The SMILES string of the molecule is CN=C(NCc1c(C)nn(C)c1C)NCC1CCN(C2CC2)C1.I. The summed E-state index contributed by atoms with van der Waals surface area (Å²) >= 11 is 0. The summed E-state index contributed by atoms with van der Waals surface area (Å²) in [5.74, 6) is 1.63. The van der Waals surface area contributed by atoms with E-state index < -0.39 is 0 Å². The number of aryl methyl sites for hydroxylation is 2. The molecule has 0 bridgehead atoms. The largest absolute Gasteiger partial charge is 0.356 e. The van der Waals surface area contributed by atoms with Gasteiger partial charge in [0.1, 0.15) is 0 Å². The Kier molecular flexibility index (Phi) is 6.91. The predicted octanol–water partition coefficient (Wildman–Crippen LogP) is 1.80. The fourth-order valence-corrected chi connectivity index (χ4v) is 3.51. The lowest BCUT2D eigenvalue weighted by Crippen LogP contribution is -2.40. The van der Waals surface area contributed by atoms with E-state index >= 15 is 0 Å². The van der Waals surface area contributed by atoms with Gasteiger partial charge in [0.25, 0.3) is 0 Å². The Bertz CT molecular complexity index is 578. The minimum Gasteiger partial charge on any atom is -0.356 e. The maximum Gasteiger partial charge on any atom is 0.191 e. The summed E-state index contributed by atoms with van der Waals surface area (Å²) in [6.45, 7) is 8.47. The number of aromatic nitrogens is 2. The molecular formula is C17H31IN6. The number of aliphatic imine (C=N–C) groups is 1. The summed E-state index contributed by atoms with van der Waals surface area (Å²) in [7, 11) is 3.83. The van der Waals surface area contributed by atoms with Crippen LogP contribution in [0.25, 0.3) is 0 Å². The van der Waals surface area contributed by atoms with E-state index in [4.69, 9.17) is 0 Å². The molecule has 6 nitrogen and oxygen atoms in total. The zero-order chi connectivity index (χ0) is 16.4. The minimum atomic E-state index is 0. The second-order valence-electron chi connectivity index (χ2n) is 6.96. The van der Waals surface area contributed by atoms with E-state index in [1.165, 1.54) is 43.6 Å². The molecule has 0 radical (unpaired) electrons. The number of halogens is 1. The smallest absolute Gasteiger partial charge is 0.191 e. The van der Waals surface area contributed by atoms with Crippen molar-refractivity contribution in [1.82, 2.24) is 25.3 Å². The van der Waals surface area contributed by atoms with E-state index in [2.05, 4.69) is 39.5 Å². The number of guanidine groups is 1. The lowest BCUT2D eigenvalue weighted by molar-refractivity contribution is 0.314. The summed E-state index contributed by atoms with van der Waals surface area (Å²) in [6, 6.07) is 0.897. The standard InChI is InChI=1S/C17H30N6.HI/c1-12-16(13(2)22(4)21-12)10-20-17(18-3)19-9-14-7-8-23(11-14)15-5-6-15;/h14-15H,5-11H2,1-4H3,(H2,18,19,20);1H. The molecule has 1 saturated heterocycles. The van der Waals surface area contributed by atoms with Crippen LogP contribution in [0, 0.1) is 19.8 Å². The molecule has 136 valence electrons. The molecule has 24 heavy (non-hydrogen) atoms. The molecule has 0 spiro atoms. The van der Waals surface area contributed by atoms with Gasteiger partial charge < -0.3 is 15.5 Å². The lowest BCUT2D eigenvalue weighted by Gasteiger charge is -2.17. The van der Waals surface area contributed by atoms with Crippen LogP contribution < -0.4 is 10.6 Å². The van der Waals surface area contributed by atoms with E-state index in [-0.39, 0.29) is 24.0 Å². The maximum atomic E-state index is 4.46. The van der Waals surface area contributed by atoms with Crippen molar-refractivity contribution >= 4 is 29.9 Å². The third kappa shape index (κ3) is 4.62. The van der Waals surface area contributed by atoms with Gasteiger partial charge >= 0.3 is 0 Å². The first-order chi connectivity index (χ1) is 11.1. The number of nitrogens with zero attached hydrogens (tertiary/aromatic N) is 4. The Balaban J connectivity index is 0.00000208. The quantitative estimate of drug-likeness (QED) is 0.412. The van der Waals surface area contributed by atoms with Gasteiger partial charge in [-0.1, -0.05) is 0 Å². The molecule has 0 aromatic carbocycles. The monoisotopic (exact) mass is 446 g/mol. The average molecular weight is 446 g/mol. The van der Waals surface area contributed by atoms with Crippen molar-refractivity contribution in [2.75, 3.05) is 26.7 Å². The third-order valence-corrected chi connectivity index (χ3v) is 5.25. The summed E-state index contributed by atoms with van der Waals surface area (Å²) in [6.07, 6.45) is 4.13. The molecule has 1 aromatic rings. The van der Waals surface area contributed by atoms with E-state index in [0.717, 1.165) is 36.7 Å². The molecule has 7 heteroatoms. The van der Waals surface area contributed by atoms with Gasteiger partial charge in [-0.3, -0.25) is 9.67 Å². The maximum absolute atomic E-state index is 4.46. The van der Waals surface area contributed by atoms with Gasteiger partial charge in [0.15, 0.2) is 5.96 Å². The molecular weight excluding hydrogens is 415 g/mol. The van der Waals surface area contributed by atoms with Crippen molar-refractivity contribution in [1.29, 1.82) is 0 Å². The molecule has 1 aromatic heterocycles. The number of rotatable bonds is 5. The van der Waals surface area contributed by atoms with Crippen LogP contribution in [0.1, 0.15) is 36.2 Å². The molecule has 2 N–H and O–H groups in total. The molecule has 1 aliphatic heterocycles. The minimum absolute atomic E-state index is 0. The van der Waals surface area contributed by atoms with E-state index in [9.17, 15) is 0 Å². The Morgan fingerprint density at radius 3 is 2.58 bits per heavy atom. The molecule has 1 saturated carbocycles. The molecule has 2 fully saturated rings. The van der Waals surface area contributed by atoms with Gasteiger partial charge in [-0.2, -0.15) is 5.10 Å². The van der Waals surface area contributed by atoms with Crippen molar-refractivity contribution < 1.29 is 0 Å². The molecule has 3 rings (SSSR count). The summed E-state index contributed by atoms with van der Waals surface area (Å²) in [4.78, 5) is 7.01. The zero-order valence-corrected chi connectivity index (χ0v) is 17.6. The fourth-order valence-electron chi connectivity index (χ4n) is 3.51. The van der Waals surface area contributed by atoms with Gasteiger partial charge in [0, 0.05) is 51.0 Å². The highest BCUT2D eigenvalue weighted by molar-refractivity contribution is 14.0. The number of hydrogen-bond donors (Lipinski definition) is 2. The van der Waals surface area contributed by atoms with Crippen LogP contribution in [0.15, 0.2) is 4.99 Å². The van der Waals surface area contributed by atoms with Crippen LogP contribution in [0.5, 0.6) is 0 Å². The predicted molar refractivity (Wildman–Crippen MR) is 109 cm³/mol. The number of hydrogen-bond acceptors (Lipinski definition) is 3. The average Bonchev–Trinajstić information content (AvgIpc) is 3.23. The van der Waals surface area contributed by atoms with Crippen LogP contribution in [-0.4, -0.2) is 53.4 Å². The Labute approximate surface area is 162 Å². The van der Waals surface area contributed by atoms with Gasteiger partial charge in [-0.25, -0.2) is 0 Å². The lowest BCUT2D eigenvalue weighted by atomic mass is 10.1. The summed E-state index contributed by atoms with van der Waals surface area (Å²) in [5, 5.41) is 11.4. The number of nitrogens with one attached hydrogen (secondary N) is 2. The van der Waals surface area contributed by atoms with E-state index in [1.54, 1.807) is 0 Å². The summed E-state index contributed by atoms with van der Waals surface area (Å²) < 4.78 is 1.94. The van der Waals surface area contributed by atoms with Gasteiger partial charge in [0.2, 0.25) is 0 Å². The highest BCUT2D eigenvalue weighted by atomic mass is 127. The topological polar surface area (TPSA) is 57.5 Å². The first-order valence-electron chi connectivity index (χ1n) is 8.76. The van der Waals surface area contributed by atoms with Crippen LogP contribution in [0.4, 0.5) is 0 Å². The first-order valence-corrected chi connectivity index (χ1v) is 8.76. The molecule has 1 unspecified atom stereocenters. The van der Waals surface area contributed by atoms with Gasteiger partial charge in [0.05, 0.1) is 5.69 Å². The molecule has 1 atom stereocenters. The van der Waals surface area contributed by atoms with Crippen molar-refractivity contribution in [3.63, 3.8) is 0 Å². The second kappa shape index (κ2) is 8.51. The highest BCUT2D eigenvalue weighted by Crippen LogP contribution is 2.31. The fraction of sp³-hybridized carbons (Fsp3) is 0.765. The van der Waals surface area contributed by atoms with Crippen molar-refractivity contribution in [3.8, 4) is 0 Å². The summed E-state index contributed by atoms with van der Waals surface area (Å²) in [5.41, 5.74) is 3.56. The second-order valence-corrected chi connectivity index (χ2v) is 6.96. The molecule has 1 aliphatic carbocycles. The van der Waals surface area contributed by atoms with Crippen LogP contribution in [0.2, 0.25) is 0 Å². The Morgan fingerprint density at radius 2 is 2.00 bits per heavy atom. The van der Waals surface area contributed by atoms with Crippen LogP contribution in [0.3, 0.4) is 0 Å². The normalized spacial score (nSPS) is 21.7. The Hall–Kier alpha value is -0.830. The van der Waals surface area contributed by atoms with Crippen LogP contribution >= 0.6 is 24.0 Å². The van der Waals surface area contributed by atoms with E-state index in [0.29, 0.717) is 0 Å². The van der Waals surface area contributed by atoms with Crippen molar-refractivity contribution in [2.24, 2.45) is 18.0 Å². The highest BCUT2D eigenvalue weighted by Gasteiger charge is 2.34. The van der Waals surface area contributed by atoms with Crippen LogP contribution in [-0.2, 0) is 13.6 Å². The van der Waals surface area contributed by atoms with Crippen molar-refractivity contribution in [2.45, 2.75) is 45.7 Å². The molecule has 0 amide bonds.